The van der Waals surface area contributed by atoms with E-state index >= 15 is 0 Å². The van der Waals surface area contributed by atoms with Crippen LogP contribution < -0.4 is 0 Å². The van der Waals surface area contributed by atoms with Crippen molar-refractivity contribution in [3.63, 3.8) is 0 Å². The molecule has 2 nitrogen and oxygen atoms in total. The first-order chi connectivity index (χ1) is 8.24. The van der Waals surface area contributed by atoms with E-state index in [-0.39, 0.29) is 0 Å². The van der Waals surface area contributed by atoms with Crippen molar-refractivity contribution in [1.82, 2.24) is 9.38 Å². The smallest absolute Gasteiger partial charge is 0.144 e. The number of rotatable bonds is 1. The van der Waals surface area contributed by atoms with Crippen molar-refractivity contribution < 1.29 is 0 Å². The summed E-state index contributed by atoms with van der Waals surface area (Å²) in [5.41, 5.74) is 3.36. The Bertz CT molecular complexity index is 686. The molecule has 3 rings (SSSR count). The summed E-state index contributed by atoms with van der Waals surface area (Å²) in [6.45, 7) is 2.08. The maximum Gasteiger partial charge on any atom is 0.144 e. The van der Waals surface area contributed by atoms with Crippen molar-refractivity contribution in [2.75, 3.05) is 0 Å². The van der Waals surface area contributed by atoms with Crippen LogP contribution in [0.25, 0.3) is 16.9 Å². The van der Waals surface area contributed by atoms with Gasteiger partial charge < -0.3 is 0 Å². The highest BCUT2D eigenvalue weighted by molar-refractivity contribution is 6.30. The predicted octanol–water partition coefficient (Wildman–Crippen LogP) is 3.96. The predicted molar refractivity (Wildman–Crippen MR) is 70.4 cm³/mol. The van der Waals surface area contributed by atoms with Crippen molar-refractivity contribution >= 4 is 17.1 Å². The van der Waals surface area contributed by atoms with Crippen LogP contribution in [0.3, 0.4) is 0 Å². The van der Waals surface area contributed by atoms with E-state index in [2.05, 4.69) is 30.1 Å². The lowest BCUT2D eigenvalue weighted by molar-refractivity contribution is 1.16. The summed E-state index contributed by atoms with van der Waals surface area (Å²) < 4.78 is 2.04. The largest absolute Gasteiger partial charge is 0.300 e. The summed E-state index contributed by atoms with van der Waals surface area (Å²) in [5, 5.41) is 0.730. The SMILES string of the molecule is Cc1cccc(-c2ncc3cc(Cl)ccn23)c1. The molecule has 0 aliphatic rings. The number of aryl methyl sites for hydroxylation is 1. The van der Waals surface area contributed by atoms with Crippen molar-refractivity contribution in [2.45, 2.75) is 6.92 Å². The fourth-order valence-corrected chi connectivity index (χ4v) is 2.14. The van der Waals surface area contributed by atoms with Gasteiger partial charge in [0.1, 0.15) is 5.82 Å². The molecule has 17 heavy (non-hydrogen) atoms. The van der Waals surface area contributed by atoms with Gasteiger partial charge in [-0.05, 0) is 25.1 Å². The third kappa shape index (κ3) is 1.81. The molecule has 2 aromatic heterocycles. The van der Waals surface area contributed by atoms with Crippen LogP contribution in [-0.2, 0) is 0 Å². The average Bonchev–Trinajstić information content (AvgIpc) is 2.71. The summed E-state index contributed by atoms with van der Waals surface area (Å²) in [6, 6.07) is 12.1. The van der Waals surface area contributed by atoms with Gasteiger partial charge in [-0.3, -0.25) is 4.40 Å². The van der Waals surface area contributed by atoms with Gasteiger partial charge in [-0.15, -0.1) is 0 Å². The first-order valence-corrected chi connectivity index (χ1v) is 5.81. The normalized spacial score (nSPS) is 10.9. The van der Waals surface area contributed by atoms with Crippen LogP contribution in [0, 0.1) is 6.92 Å². The maximum absolute atomic E-state index is 5.96. The Balaban J connectivity index is 2.24. The summed E-state index contributed by atoms with van der Waals surface area (Å²) in [6.07, 6.45) is 3.78. The van der Waals surface area contributed by atoms with Gasteiger partial charge in [0, 0.05) is 16.8 Å². The topological polar surface area (TPSA) is 17.3 Å². The van der Waals surface area contributed by atoms with Crippen molar-refractivity contribution in [1.29, 1.82) is 0 Å². The van der Waals surface area contributed by atoms with E-state index in [0.717, 1.165) is 21.9 Å². The quantitative estimate of drug-likeness (QED) is 0.631. The Morgan fingerprint density at radius 3 is 2.88 bits per heavy atom. The minimum Gasteiger partial charge on any atom is -0.300 e. The van der Waals surface area contributed by atoms with E-state index in [1.54, 1.807) is 0 Å². The summed E-state index contributed by atoms with van der Waals surface area (Å²) in [7, 11) is 0. The molecule has 0 aliphatic carbocycles. The van der Waals surface area contributed by atoms with E-state index in [9.17, 15) is 0 Å². The number of pyridine rings is 1. The molecule has 0 fully saturated rings. The lowest BCUT2D eigenvalue weighted by Gasteiger charge is -2.02. The lowest BCUT2D eigenvalue weighted by Crippen LogP contribution is -1.89. The molecule has 3 aromatic rings. The van der Waals surface area contributed by atoms with Crippen LogP contribution in [0.2, 0.25) is 5.02 Å². The zero-order valence-electron chi connectivity index (χ0n) is 9.39. The number of benzene rings is 1. The highest BCUT2D eigenvalue weighted by Gasteiger charge is 2.06. The van der Waals surface area contributed by atoms with Crippen LogP contribution >= 0.6 is 11.6 Å². The van der Waals surface area contributed by atoms with Crippen LogP contribution in [0.1, 0.15) is 5.56 Å². The van der Waals surface area contributed by atoms with Crippen LogP contribution in [-0.4, -0.2) is 9.38 Å². The second-order valence-corrected chi connectivity index (χ2v) is 4.53. The molecule has 0 saturated heterocycles. The second kappa shape index (κ2) is 3.90. The van der Waals surface area contributed by atoms with E-state index in [1.165, 1.54) is 5.56 Å². The van der Waals surface area contributed by atoms with E-state index in [1.807, 2.05) is 35.0 Å². The molecule has 0 radical (unpaired) electrons. The van der Waals surface area contributed by atoms with Crippen molar-refractivity contribution in [2.24, 2.45) is 0 Å². The van der Waals surface area contributed by atoms with E-state index in [0.29, 0.717) is 0 Å². The molecule has 0 aliphatic heterocycles. The van der Waals surface area contributed by atoms with Gasteiger partial charge in [0.25, 0.3) is 0 Å². The van der Waals surface area contributed by atoms with Gasteiger partial charge in [0.15, 0.2) is 0 Å². The van der Waals surface area contributed by atoms with Gasteiger partial charge in [0.2, 0.25) is 0 Å². The molecule has 84 valence electrons. The van der Waals surface area contributed by atoms with Crippen LogP contribution in [0.15, 0.2) is 48.8 Å². The number of nitrogens with zero attached hydrogens (tertiary/aromatic N) is 2. The van der Waals surface area contributed by atoms with E-state index in [4.69, 9.17) is 11.6 Å². The fraction of sp³-hybridized carbons (Fsp3) is 0.0714. The number of imidazole rings is 1. The monoisotopic (exact) mass is 242 g/mol. The minimum atomic E-state index is 0.730. The van der Waals surface area contributed by atoms with Gasteiger partial charge >= 0.3 is 0 Å². The lowest BCUT2D eigenvalue weighted by atomic mass is 10.1. The number of aromatic nitrogens is 2. The first-order valence-electron chi connectivity index (χ1n) is 5.44. The Labute approximate surface area is 104 Å². The highest BCUT2D eigenvalue weighted by Crippen LogP contribution is 2.22. The fourth-order valence-electron chi connectivity index (χ4n) is 1.97. The maximum atomic E-state index is 5.96. The van der Waals surface area contributed by atoms with Gasteiger partial charge in [0.05, 0.1) is 11.7 Å². The van der Waals surface area contributed by atoms with Crippen LogP contribution in [0.4, 0.5) is 0 Å². The van der Waals surface area contributed by atoms with Crippen LogP contribution in [0.5, 0.6) is 0 Å². The molecule has 1 aromatic carbocycles. The first kappa shape index (κ1) is 10.4. The molecule has 2 heterocycles. The van der Waals surface area contributed by atoms with Gasteiger partial charge in [-0.1, -0.05) is 35.4 Å². The van der Waals surface area contributed by atoms with Gasteiger partial charge in [-0.25, -0.2) is 4.98 Å². The number of hydrogen-bond donors (Lipinski definition) is 0. The zero-order valence-corrected chi connectivity index (χ0v) is 10.1. The molecule has 0 N–H and O–H groups in total. The van der Waals surface area contributed by atoms with Crippen molar-refractivity contribution in [3.05, 3.63) is 59.4 Å². The standard InChI is InChI=1S/C14H11ClN2/c1-10-3-2-4-11(7-10)14-16-9-13-8-12(15)5-6-17(13)14/h2-9H,1H3. The summed E-state index contributed by atoms with van der Waals surface area (Å²) in [4.78, 5) is 4.45. The zero-order chi connectivity index (χ0) is 11.8. The summed E-state index contributed by atoms with van der Waals surface area (Å²) in [5.74, 6) is 0.945. The Kier molecular flexibility index (Phi) is 2.37. The van der Waals surface area contributed by atoms with Crippen molar-refractivity contribution in [3.8, 4) is 11.4 Å². The minimum absolute atomic E-state index is 0.730. The Morgan fingerprint density at radius 1 is 1.18 bits per heavy atom. The number of halogens is 1. The molecule has 0 unspecified atom stereocenters. The third-order valence-electron chi connectivity index (χ3n) is 2.77. The van der Waals surface area contributed by atoms with E-state index < -0.39 is 0 Å². The summed E-state index contributed by atoms with van der Waals surface area (Å²) >= 11 is 5.96. The second-order valence-electron chi connectivity index (χ2n) is 4.09. The molecule has 0 spiro atoms. The third-order valence-corrected chi connectivity index (χ3v) is 3.01. The Morgan fingerprint density at radius 2 is 2.06 bits per heavy atom. The average molecular weight is 243 g/mol. The van der Waals surface area contributed by atoms with Gasteiger partial charge in [-0.2, -0.15) is 0 Å². The molecule has 0 saturated carbocycles. The molecule has 0 bridgehead atoms. The molecule has 0 amide bonds. The molecular formula is C14H11ClN2. The Hall–Kier alpha value is -1.80. The molecule has 0 atom stereocenters. The molecular weight excluding hydrogens is 232 g/mol. The number of hydrogen-bond acceptors (Lipinski definition) is 1. The molecule has 3 heteroatoms. The highest BCUT2D eigenvalue weighted by atomic mass is 35.5. The number of fused-ring (bicyclic) bond motifs is 1.